The molecular formula is C15H11F4NOS. The number of carbonyl (C=O) groups excluding carboxylic acids is 1. The van der Waals surface area contributed by atoms with Crippen LogP contribution in [0.4, 0.5) is 23.2 Å². The van der Waals surface area contributed by atoms with Crippen LogP contribution in [0.1, 0.15) is 6.92 Å². The van der Waals surface area contributed by atoms with Crippen LogP contribution in [0.5, 0.6) is 0 Å². The summed E-state index contributed by atoms with van der Waals surface area (Å²) in [4.78, 5) is 12.6. The van der Waals surface area contributed by atoms with E-state index in [4.69, 9.17) is 0 Å². The third kappa shape index (κ3) is 3.79. The predicted octanol–water partition coefficient (Wildman–Crippen LogP) is 4.36. The van der Waals surface area contributed by atoms with Gasteiger partial charge in [-0.1, -0.05) is 0 Å². The second-order valence-corrected chi connectivity index (χ2v) is 5.84. The summed E-state index contributed by atoms with van der Waals surface area (Å²) in [5.41, 5.74) is -0.435. The Hall–Kier alpha value is -2.02. The average molecular weight is 329 g/mol. The fraction of sp³-hybridized carbons (Fsp3) is 0.133. The van der Waals surface area contributed by atoms with Crippen molar-refractivity contribution in [3.63, 3.8) is 0 Å². The number of amides is 1. The van der Waals surface area contributed by atoms with E-state index in [0.29, 0.717) is 4.90 Å². The number of thioether (sulfide) groups is 1. The van der Waals surface area contributed by atoms with Gasteiger partial charge in [-0.25, -0.2) is 17.6 Å². The minimum absolute atomic E-state index is 0.398. The van der Waals surface area contributed by atoms with Crippen LogP contribution in [0.25, 0.3) is 0 Å². The zero-order chi connectivity index (χ0) is 16.3. The van der Waals surface area contributed by atoms with Gasteiger partial charge in [-0.15, -0.1) is 11.8 Å². The first-order chi connectivity index (χ1) is 10.4. The van der Waals surface area contributed by atoms with E-state index in [2.05, 4.69) is 5.32 Å². The SMILES string of the molecule is C[C@@H](Sc1ccc(F)cc1)C(=O)Nc1ccc(F)c(F)c1F. The van der Waals surface area contributed by atoms with E-state index in [9.17, 15) is 22.4 Å². The summed E-state index contributed by atoms with van der Waals surface area (Å²) in [6.07, 6.45) is 0. The molecule has 2 aromatic rings. The number of rotatable bonds is 4. The molecule has 0 unspecified atom stereocenters. The molecule has 0 aliphatic rings. The van der Waals surface area contributed by atoms with E-state index in [-0.39, 0.29) is 0 Å². The van der Waals surface area contributed by atoms with E-state index in [0.717, 1.165) is 23.9 Å². The Morgan fingerprint density at radius 3 is 2.27 bits per heavy atom. The molecule has 0 aliphatic carbocycles. The molecule has 0 spiro atoms. The van der Waals surface area contributed by atoms with Crippen LogP contribution in [0, 0.1) is 23.3 Å². The molecule has 22 heavy (non-hydrogen) atoms. The number of benzene rings is 2. The minimum Gasteiger partial charge on any atom is -0.323 e. The molecule has 1 atom stereocenters. The van der Waals surface area contributed by atoms with Crippen molar-refractivity contribution in [3.05, 3.63) is 59.7 Å². The highest BCUT2D eigenvalue weighted by atomic mass is 32.2. The van der Waals surface area contributed by atoms with Crippen molar-refractivity contribution < 1.29 is 22.4 Å². The average Bonchev–Trinajstić information content (AvgIpc) is 2.50. The van der Waals surface area contributed by atoms with E-state index >= 15 is 0 Å². The Balaban J connectivity index is 2.05. The summed E-state index contributed by atoms with van der Waals surface area (Å²) in [7, 11) is 0. The third-order valence-electron chi connectivity index (χ3n) is 2.79. The zero-order valence-electron chi connectivity index (χ0n) is 11.4. The van der Waals surface area contributed by atoms with Crippen LogP contribution in [0.3, 0.4) is 0 Å². The summed E-state index contributed by atoms with van der Waals surface area (Å²) >= 11 is 1.12. The number of hydrogen-bond donors (Lipinski definition) is 1. The van der Waals surface area contributed by atoms with Crippen molar-refractivity contribution in [2.75, 3.05) is 5.32 Å². The summed E-state index contributed by atoms with van der Waals surface area (Å²) in [5.74, 6) is -5.40. The first-order valence-electron chi connectivity index (χ1n) is 6.25. The quantitative estimate of drug-likeness (QED) is 0.513. The van der Waals surface area contributed by atoms with E-state index in [1.807, 2.05) is 0 Å². The van der Waals surface area contributed by atoms with Gasteiger partial charge in [0.05, 0.1) is 10.9 Å². The van der Waals surface area contributed by atoms with Crippen molar-refractivity contribution in [3.8, 4) is 0 Å². The highest BCUT2D eigenvalue weighted by Crippen LogP contribution is 2.25. The summed E-state index contributed by atoms with van der Waals surface area (Å²) in [6.45, 7) is 1.56. The Morgan fingerprint density at radius 2 is 1.64 bits per heavy atom. The number of halogens is 4. The van der Waals surface area contributed by atoms with E-state index in [1.165, 1.54) is 24.3 Å². The lowest BCUT2D eigenvalue weighted by atomic mass is 10.2. The third-order valence-corrected chi connectivity index (χ3v) is 3.90. The second kappa shape index (κ2) is 6.83. The maximum Gasteiger partial charge on any atom is 0.237 e. The summed E-state index contributed by atoms with van der Waals surface area (Å²) in [5, 5.41) is 1.55. The largest absolute Gasteiger partial charge is 0.323 e. The van der Waals surface area contributed by atoms with Gasteiger partial charge in [-0.2, -0.15) is 0 Å². The van der Waals surface area contributed by atoms with E-state index in [1.54, 1.807) is 6.92 Å². The molecule has 1 N–H and O–H groups in total. The molecule has 0 heterocycles. The standard InChI is InChI=1S/C15H11F4NOS/c1-8(22-10-4-2-9(16)3-5-10)15(21)20-12-7-6-11(17)13(18)14(12)19/h2-8H,1H3,(H,20,21)/t8-/m1/s1. The predicted molar refractivity (Wildman–Crippen MR) is 76.7 cm³/mol. The monoisotopic (exact) mass is 329 g/mol. The molecule has 0 aliphatic heterocycles. The van der Waals surface area contributed by atoms with Crippen molar-refractivity contribution >= 4 is 23.4 Å². The van der Waals surface area contributed by atoms with Crippen molar-refractivity contribution in [1.29, 1.82) is 0 Å². The van der Waals surface area contributed by atoms with Gasteiger partial charge in [0.1, 0.15) is 5.82 Å². The molecule has 0 fully saturated rings. The van der Waals surface area contributed by atoms with E-state index < -0.39 is 40.1 Å². The number of hydrogen-bond acceptors (Lipinski definition) is 2. The van der Waals surface area contributed by atoms with Crippen LogP contribution in [-0.2, 0) is 4.79 Å². The lowest BCUT2D eigenvalue weighted by Crippen LogP contribution is -2.23. The Bertz CT molecular complexity index is 691. The molecule has 2 rings (SSSR count). The Morgan fingerprint density at radius 1 is 1.00 bits per heavy atom. The molecule has 7 heteroatoms. The molecule has 0 bridgehead atoms. The van der Waals surface area contributed by atoms with Gasteiger partial charge < -0.3 is 5.32 Å². The molecule has 0 aromatic heterocycles. The van der Waals surface area contributed by atoms with Crippen LogP contribution < -0.4 is 5.32 Å². The molecule has 0 radical (unpaired) electrons. The molecule has 2 nitrogen and oxygen atoms in total. The Labute approximate surface area is 128 Å². The molecular weight excluding hydrogens is 318 g/mol. The van der Waals surface area contributed by atoms with Gasteiger partial charge in [0.2, 0.25) is 5.91 Å². The minimum atomic E-state index is -1.64. The normalized spacial score (nSPS) is 12.0. The summed E-state index contributed by atoms with van der Waals surface area (Å²) < 4.78 is 52.2. The van der Waals surface area contributed by atoms with Crippen LogP contribution in [0.2, 0.25) is 0 Å². The van der Waals surface area contributed by atoms with Crippen molar-refractivity contribution in [1.82, 2.24) is 0 Å². The fourth-order valence-electron chi connectivity index (χ4n) is 1.63. The van der Waals surface area contributed by atoms with Gasteiger partial charge in [0.25, 0.3) is 0 Å². The lowest BCUT2D eigenvalue weighted by molar-refractivity contribution is -0.115. The Kier molecular flexibility index (Phi) is 5.07. The first kappa shape index (κ1) is 16.4. The second-order valence-electron chi connectivity index (χ2n) is 4.43. The van der Waals surface area contributed by atoms with Gasteiger partial charge in [0, 0.05) is 4.90 Å². The van der Waals surface area contributed by atoms with Gasteiger partial charge >= 0.3 is 0 Å². The first-order valence-corrected chi connectivity index (χ1v) is 7.13. The molecule has 0 saturated heterocycles. The molecule has 116 valence electrons. The van der Waals surface area contributed by atoms with Gasteiger partial charge in [-0.3, -0.25) is 4.79 Å². The van der Waals surface area contributed by atoms with Crippen molar-refractivity contribution in [2.24, 2.45) is 0 Å². The topological polar surface area (TPSA) is 29.1 Å². The van der Waals surface area contributed by atoms with Crippen molar-refractivity contribution in [2.45, 2.75) is 17.1 Å². The molecule has 0 saturated carbocycles. The molecule has 2 aromatic carbocycles. The van der Waals surface area contributed by atoms with Crippen LogP contribution in [-0.4, -0.2) is 11.2 Å². The number of carbonyl (C=O) groups is 1. The zero-order valence-corrected chi connectivity index (χ0v) is 12.2. The maximum atomic E-state index is 13.5. The number of nitrogens with one attached hydrogen (secondary N) is 1. The van der Waals surface area contributed by atoms with Crippen LogP contribution >= 0.6 is 11.8 Å². The molecule has 1 amide bonds. The number of anilines is 1. The highest BCUT2D eigenvalue weighted by molar-refractivity contribution is 8.00. The van der Waals surface area contributed by atoms with Gasteiger partial charge in [0.15, 0.2) is 17.5 Å². The fourth-order valence-corrected chi connectivity index (χ4v) is 2.50. The summed E-state index contributed by atoms with van der Waals surface area (Å²) in [6, 6.07) is 7.18. The van der Waals surface area contributed by atoms with Gasteiger partial charge in [-0.05, 0) is 43.3 Å². The smallest absolute Gasteiger partial charge is 0.237 e. The highest BCUT2D eigenvalue weighted by Gasteiger charge is 2.19. The van der Waals surface area contributed by atoms with Crippen LogP contribution in [0.15, 0.2) is 41.3 Å². The lowest BCUT2D eigenvalue weighted by Gasteiger charge is -2.13. The maximum absolute atomic E-state index is 13.5.